The molecule has 3 heterocycles. The monoisotopic (exact) mass is 333 g/mol. The number of nitrogen functional groups attached to an aromatic ring is 1. The van der Waals surface area contributed by atoms with Crippen LogP contribution in [0.4, 0.5) is 5.82 Å². The number of piperazine rings is 1. The third-order valence-corrected chi connectivity index (χ3v) is 4.28. The van der Waals surface area contributed by atoms with Crippen LogP contribution < -0.4 is 15.8 Å². The van der Waals surface area contributed by atoms with Gasteiger partial charge in [0.1, 0.15) is 0 Å². The molecule has 1 saturated heterocycles. The van der Waals surface area contributed by atoms with Crippen LogP contribution in [-0.4, -0.2) is 56.3 Å². The van der Waals surface area contributed by atoms with E-state index in [1.54, 1.807) is 4.52 Å². The summed E-state index contributed by atoms with van der Waals surface area (Å²) in [6, 6.07) is 0.806. The highest BCUT2D eigenvalue weighted by atomic mass is 16.5. The van der Waals surface area contributed by atoms with Crippen LogP contribution in [0.2, 0.25) is 0 Å². The maximum Gasteiger partial charge on any atom is 0.336 e. The van der Waals surface area contributed by atoms with Crippen molar-refractivity contribution in [2.45, 2.75) is 52.3 Å². The molecular weight excluding hydrogens is 306 g/mol. The number of hydrogen-bond acceptors (Lipinski definition) is 7. The predicted molar refractivity (Wildman–Crippen MR) is 92.9 cm³/mol. The third kappa shape index (κ3) is 3.76. The number of nitrogens with one attached hydrogen (secondary N) is 1. The molecule has 2 aromatic rings. The lowest BCUT2D eigenvalue weighted by molar-refractivity contribution is 0.186. The number of nitrogens with zero attached hydrogens (tertiary/aromatic N) is 5. The van der Waals surface area contributed by atoms with Gasteiger partial charge >= 0.3 is 6.01 Å². The SMILES string of the molecule is CCCC(C)Oc1nc(N)c2ncc(CN3CCN[C@@H](C)C3)n2n1. The number of aromatic nitrogens is 4. The van der Waals surface area contributed by atoms with Crippen molar-refractivity contribution < 1.29 is 4.74 Å². The lowest BCUT2D eigenvalue weighted by Gasteiger charge is -2.31. The zero-order valence-electron chi connectivity index (χ0n) is 14.7. The molecule has 24 heavy (non-hydrogen) atoms. The quantitative estimate of drug-likeness (QED) is 0.816. The minimum atomic E-state index is 0.0628. The Morgan fingerprint density at radius 2 is 2.33 bits per heavy atom. The maximum atomic E-state index is 6.04. The second-order valence-electron chi connectivity index (χ2n) is 6.57. The summed E-state index contributed by atoms with van der Waals surface area (Å²) in [5, 5.41) is 7.95. The zero-order valence-corrected chi connectivity index (χ0v) is 14.7. The predicted octanol–water partition coefficient (Wildman–Crippen LogP) is 1.07. The van der Waals surface area contributed by atoms with Crippen molar-refractivity contribution in [1.82, 2.24) is 29.8 Å². The number of nitrogens with two attached hydrogens (primary N) is 1. The van der Waals surface area contributed by atoms with Crippen LogP contribution in [0.1, 0.15) is 39.3 Å². The Morgan fingerprint density at radius 1 is 1.50 bits per heavy atom. The van der Waals surface area contributed by atoms with Gasteiger partial charge in [-0.15, -0.1) is 5.10 Å². The molecular formula is C16H27N7O. The van der Waals surface area contributed by atoms with Crippen LogP contribution in [0.15, 0.2) is 6.20 Å². The molecule has 1 fully saturated rings. The highest BCUT2D eigenvalue weighted by Crippen LogP contribution is 2.17. The molecule has 3 rings (SSSR count). The molecule has 0 amide bonds. The lowest BCUT2D eigenvalue weighted by atomic mass is 10.2. The molecule has 1 unspecified atom stereocenters. The zero-order chi connectivity index (χ0) is 17.1. The van der Waals surface area contributed by atoms with Gasteiger partial charge in [-0.2, -0.15) is 4.98 Å². The van der Waals surface area contributed by atoms with E-state index in [0.717, 1.165) is 44.7 Å². The summed E-state index contributed by atoms with van der Waals surface area (Å²) in [6.45, 7) is 10.1. The van der Waals surface area contributed by atoms with Crippen molar-refractivity contribution in [3.63, 3.8) is 0 Å². The number of ether oxygens (including phenoxy) is 1. The van der Waals surface area contributed by atoms with Crippen LogP contribution in [0, 0.1) is 0 Å². The van der Waals surface area contributed by atoms with Gasteiger partial charge in [-0.05, 0) is 20.3 Å². The molecule has 1 aliphatic heterocycles. The Bertz CT molecular complexity index is 686. The summed E-state index contributed by atoms with van der Waals surface area (Å²) in [5.41, 5.74) is 7.63. The van der Waals surface area contributed by atoms with Crippen molar-refractivity contribution in [3.8, 4) is 6.01 Å². The van der Waals surface area contributed by atoms with Crippen molar-refractivity contribution in [2.75, 3.05) is 25.4 Å². The van der Waals surface area contributed by atoms with E-state index in [-0.39, 0.29) is 6.10 Å². The average Bonchev–Trinajstić information content (AvgIpc) is 2.91. The molecule has 8 nitrogen and oxygen atoms in total. The standard InChI is InChI=1S/C16H27N7O/c1-4-5-12(3)24-16-20-14(17)15-19-8-13(23(15)21-16)10-22-7-6-18-11(2)9-22/h8,11-12,18H,4-7,9-10H2,1-3H3,(H2,17,20,21)/t11-,12?/m0/s1. The Labute approximate surface area is 142 Å². The van der Waals surface area contributed by atoms with Gasteiger partial charge in [-0.1, -0.05) is 13.3 Å². The van der Waals surface area contributed by atoms with Crippen LogP contribution in [0.3, 0.4) is 0 Å². The normalized spacial score (nSPS) is 20.4. The molecule has 0 radical (unpaired) electrons. The summed E-state index contributed by atoms with van der Waals surface area (Å²) >= 11 is 0. The van der Waals surface area contributed by atoms with E-state index in [4.69, 9.17) is 10.5 Å². The maximum absolute atomic E-state index is 6.04. The number of hydrogen-bond donors (Lipinski definition) is 2. The molecule has 0 aromatic carbocycles. The fourth-order valence-corrected chi connectivity index (χ4v) is 3.12. The van der Waals surface area contributed by atoms with Crippen LogP contribution in [0.25, 0.3) is 5.65 Å². The van der Waals surface area contributed by atoms with E-state index < -0.39 is 0 Å². The largest absolute Gasteiger partial charge is 0.459 e. The topological polar surface area (TPSA) is 93.6 Å². The molecule has 0 saturated carbocycles. The molecule has 132 valence electrons. The van der Waals surface area contributed by atoms with Gasteiger partial charge in [0.05, 0.1) is 18.0 Å². The summed E-state index contributed by atoms with van der Waals surface area (Å²) in [5.74, 6) is 0.351. The van der Waals surface area contributed by atoms with Gasteiger partial charge in [0, 0.05) is 32.2 Å². The molecule has 0 spiro atoms. The molecule has 0 aliphatic carbocycles. The Hall–Kier alpha value is -1.93. The molecule has 2 atom stereocenters. The average molecular weight is 333 g/mol. The number of anilines is 1. The summed E-state index contributed by atoms with van der Waals surface area (Å²) in [7, 11) is 0. The smallest absolute Gasteiger partial charge is 0.336 e. The Morgan fingerprint density at radius 3 is 3.08 bits per heavy atom. The van der Waals surface area contributed by atoms with Gasteiger partial charge < -0.3 is 15.8 Å². The van der Waals surface area contributed by atoms with Gasteiger partial charge in [0.15, 0.2) is 11.5 Å². The summed E-state index contributed by atoms with van der Waals surface area (Å²) in [6.07, 6.45) is 3.90. The molecule has 1 aliphatic rings. The van der Waals surface area contributed by atoms with E-state index in [1.807, 2.05) is 13.1 Å². The molecule has 2 aromatic heterocycles. The van der Waals surface area contributed by atoms with Crippen molar-refractivity contribution in [3.05, 3.63) is 11.9 Å². The number of fused-ring (bicyclic) bond motifs is 1. The minimum absolute atomic E-state index is 0.0628. The first-order valence-electron chi connectivity index (χ1n) is 8.69. The Balaban J connectivity index is 1.82. The number of imidazole rings is 1. The van der Waals surface area contributed by atoms with E-state index in [9.17, 15) is 0 Å². The van der Waals surface area contributed by atoms with Crippen LogP contribution in [-0.2, 0) is 6.54 Å². The second-order valence-corrected chi connectivity index (χ2v) is 6.57. The molecule has 3 N–H and O–H groups in total. The second kappa shape index (κ2) is 7.31. The van der Waals surface area contributed by atoms with Crippen LogP contribution in [0.5, 0.6) is 6.01 Å². The van der Waals surface area contributed by atoms with Crippen molar-refractivity contribution in [2.24, 2.45) is 0 Å². The third-order valence-electron chi connectivity index (χ3n) is 4.28. The molecule has 0 bridgehead atoms. The first-order chi connectivity index (χ1) is 11.6. The van der Waals surface area contributed by atoms with Gasteiger partial charge in [-0.3, -0.25) is 4.90 Å². The van der Waals surface area contributed by atoms with E-state index in [1.165, 1.54) is 0 Å². The van der Waals surface area contributed by atoms with E-state index in [0.29, 0.717) is 23.5 Å². The lowest BCUT2D eigenvalue weighted by Crippen LogP contribution is -2.48. The van der Waals surface area contributed by atoms with Gasteiger partial charge in [0.25, 0.3) is 0 Å². The summed E-state index contributed by atoms with van der Waals surface area (Å²) < 4.78 is 7.57. The summed E-state index contributed by atoms with van der Waals surface area (Å²) in [4.78, 5) is 11.0. The van der Waals surface area contributed by atoms with Crippen molar-refractivity contribution in [1.29, 1.82) is 0 Å². The van der Waals surface area contributed by atoms with Crippen molar-refractivity contribution >= 4 is 11.5 Å². The van der Waals surface area contributed by atoms with E-state index in [2.05, 4.69) is 39.1 Å². The first-order valence-corrected chi connectivity index (χ1v) is 8.69. The highest BCUT2D eigenvalue weighted by molar-refractivity contribution is 5.59. The fourth-order valence-electron chi connectivity index (χ4n) is 3.12. The van der Waals surface area contributed by atoms with Crippen LogP contribution >= 0.6 is 0 Å². The van der Waals surface area contributed by atoms with Gasteiger partial charge in [-0.25, -0.2) is 9.50 Å². The Kier molecular flexibility index (Phi) is 5.15. The minimum Gasteiger partial charge on any atom is -0.459 e. The fraction of sp³-hybridized carbons (Fsp3) is 0.688. The van der Waals surface area contributed by atoms with E-state index >= 15 is 0 Å². The first kappa shape index (κ1) is 16.9. The molecule has 8 heteroatoms. The van der Waals surface area contributed by atoms with Gasteiger partial charge in [0.2, 0.25) is 0 Å². The number of rotatable bonds is 6. The highest BCUT2D eigenvalue weighted by Gasteiger charge is 2.19.